The zero-order valence-corrected chi connectivity index (χ0v) is 20.6. The molecule has 1 fully saturated rings. The maximum Gasteiger partial charge on any atom is 0.191 e. The van der Waals surface area contributed by atoms with Crippen molar-refractivity contribution >= 4 is 29.9 Å². The highest BCUT2D eigenvalue weighted by atomic mass is 127. The van der Waals surface area contributed by atoms with Crippen molar-refractivity contribution < 1.29 is 0 Å². The van der Waals surface area contributed by atoms with Crippen LogP contribution in [0.5, 0.6) is 0 Å². The Hall–Kier alpha value is -1.61. The third kappa shape index (κ3) is 6.44. The predicted octanol–water partition coefficient (Wildman–Crippen LogP) is 3.64. The minimum Gasteiger partial charge on any atom is -0.355 e. The predicted molar refractivity (Wildman–Crippen MR) is 132 cm³/mol. The lowest BCUT2D eigenvalue weighted by Crippen LogP contribution is -2.43. The number of aryl methyl sites for hydroxylation is 2. The maximum atomic E-state index is 4.63. The molecule has 0 atom stereocenters. The molecule has 1 saturated carbocycles. The number of hydrogen-bond acceptors (Lipinski definition) is 3. The Kier molecular flexibility index (Phi) is 8.95. The molecule has 2 N–H and O–H groups in total. The average molecular weight is 510 g/mol. The largest absolute Gasteiger partial charge is 0.355 e. The van der Waals surface area contributed by atoms with E-state index in [0.29, 0.717) is 12.6 Å². The first kappa shape index (κ1) is 23.7. The van der Waals surface area contributed by atoms with Gasteiger partial charge in [0.15, 0.2) is 5.96 Å². The number of halogens is 1. The zero-order valence-electron chi connectivity index (χ0n) is 18.3. The molecule has 0 aliphatic heterocycles. The Morgan fingerprint density at radius 2 is 1.97 bits per heavy atom. The van der Waals surface area contributed by atoms with E-state index in [1.165, 1.54) is 18.4 Å². The number of aliphatic imine (C=N–C) groups is 1. The topological polar surface area (TPSA) is 57.5 Å². The summed E-state index contributed by atoms with van der Waals surface area (Å²) in [4.78, 5) is 6.96. The van der Waals surface area contributed by atoms with Crippen LogP contribution in [0.1, 0.15) is 43.6 Å². The summed E-state index contributed by atoms with van der Waals surface area (Å²) in [5.41, 5.74) is 4.47. The van der Waals surface area contributed by atoms with E-state index in [-0.39, 0.29) is 24.0 Å². The van der Waals surface area contributed by atoms with Gasteiger partial charge in [-0.15, -0.1) is 24.0 Å². The van der Waals surface area contributed by atoms with Crippen molar-refractivity contribution in [2.75, 3.05) is 20.1 Å². The Balaban J connectivity index is 0.00000300. The van der Waals surface area contributed by atoms with E-state index in [9.17, 15) is 0 Å². The van der Waals surface area contributed by atoms with Crippen LogP contribution in [0.25, 0.3) is 5.69 Å². The van der Waals surface area contributed by atoms with Gasteiger partial charge in [-0.25, -0.2) is 4.68 Å². The molecule has 3 rings (SSSR count). The fourth-order valence-corrected chi connectivity index (χ4v) is 3.71. The Labute approximate surface area is 192 Å². The quantitative estimate of drug-likeness (QED) is 0.324. The highest BCUT2D eigenvalue weighted by molar-refractivity contribution is 14.0. The number of nitrogens with zero attached hydrogens (tertiary/aromatic N) is 4. The molecule has 7 heteroatoms. The molecular formula is C22H35IN6. The summed E-state index contributed by atoms with van der Waals surface area (Å²) in [6, 6.07) is 11.9. The third-order valence-corrected chi connectivity index (χ3v) is 5.24. The Morgan fingerprint density at radius 1 is 1.24 bits per heavy atom. The number of hydrogen-bond donors (Lipinski definition) is 2. The molecule has 0 unspecified atom stereocenters. The van der Waals surface area contributed by atoms with Gasteiger partial charge in [-0.3, -0.25) is 9.89 Å². The van der Waals surface area contributed by atoms with Gasteiger partial charge in [-0.05, 0) is 58.2 Å². The fraction of sp³-hybridized carbons (Fsp3) is 0.545. The smallest absolute Gasteiger partial charge is 0.191 e. The van der Waals surface area contributed by atoms with Crippen molar-refractivity contribution in [1.29, 1.82) is 0 Å². The van der Waals surface area contributed by atoms with Crippen LogP contribution in [-0.2, 0) is 6.54 Å². The highest BCUT2D eigenvalue weighted by Crippen LogP contribution is 2.27. The van der Waals surface area contributed by atoms with Gasteiger partial charge >= 0.3 is 0 Å². The summed E-state index contributed by atoms with van der Waals surface area (Å²) < 4.78 is 2.01. The van der Waals surface area contributed by atoms with Crippen LogP contribution in [-0.4, -0.2) is 52.9 Å². The Bertz CT molecular complexity index is 807. The van der Waals surface area contributed by atoms with Gasteiger partial charge in [-0.2, -0.15) is 5.10 Å². The van der Waals surface area contributed by atoms with E-state index >= 15 is 0 Å². The molecule has 1 aliphatic rings. The minimum absolute atomic E-state index is 0. The lowest BCUT2D eigenvalue weighted by atomic mass is 10.1. The molecule has 0 spiro atoms. The fourth-order valence-electron chi connectivity index (χ4n) is 3.71. The molecule has 1 aromatic heterocycles. The van der Waals surface area contributed by atoms with E-state index in [1.807, 2.05) is 18.7 Å². The molecule has 1 aromatic carbocycles. The monoisotopic (exact) mass is 510 g/mol. The van der Waals surface area contributed by atoms with Gasteiger partial charge < -0.3 is 10.6 Å². The minimum atomic E-state index is 0. The summed E-state index contributed by atoms with van der Waals surface area (Å²) in [5, 5.41) is 11.5. The molecule has 29 heavy (non-hydrogen) atoms. The maximum absolute atomic E-state index is 4.63. The van der Waals surface area contributed by atoms with Gasteiger partial charge in [0.2, 0.25) is 0 Å². The molecule has 1 heterocycles. The van der Waals surface area contributed by atoms with Crippen molar-refractivity contribution in [2.45, 2.75) is 59.2 Å². The number of guanidine groups is 1. The first-order valence-electron chi connectivity index (χ1n) is 10.3. The second-order valence-corrected chi connectivity index (χ2v) is 7.88. The average Bonchev–Trinajstić information content (AvgIpc) is 3.45. The number of benzene rings is 1. The Morgan fingerprint density at radius 3 is 2.55 bits per heavy atom. The third-order valence-electron chi connectivity index (χ3n) is 5.24. The number of nitrogens with one attached hydrogen (secondary N) is 2. The second kappa shape index (κ2) is 11.0. The summed E-state index contributed by atoms with van der Waals surface area (Å²) in [6.45, 7) is 11.3. The van der Waals surface area contributed by atoms with Crippen LogP contribution in [0.3, 0.4) is 0 Å². The van der Waals surface area contributed by atoms with E-state index in [1.54, 1.807) is 0 Å². The standard InChI is InChI=1S/C22H34N6.HI/c1-16(2)27(20-10-11-20)13-12-24-22(23-5)25-15-19-8-6-7-9-21(19)28-18(4)14-17(3)26-28;/h6-9,14,16,20H,10-13,15H2,1-5H3,(H2,23,24,25);1H. The number of aromatic nitrogens is 2. The van der Waals surface area contributed by atoms with Crippen molar-refractivity contribution in [3.63, 3.8) is 0 Å². The molecule has 0 bridgehead atoms. The summed E-state index contributed by atoms with van der Waals surface area (Å²) >= 11 is 0. The molecule has 0 amide bonds. The van der Waals surface area contributed by atoms with Gasteiger partial charge in [-0.1, -0.05) is 18.2 Å². The summed E-state index contributed by atoms with van der Waals surface area (Å²) in [5.74, 6) is 0.836. The molecule has 160 valence electrons. The molecular weight excluding hydrogens is 475 g/mol. The molecule has 0 radical (unpaired) electrons. The SMILES string of the molecule is CN=C(NCCN(C(C)C)C1CC1)NCc1ccccc1-n1nc(C)cc1C.I. The lowest BCUT2D eigenvalue weighted by molar-refractivity contribution is 0.215. The lowest BCUT2D eigenvalue weighted by Gasteiger charge is -2.26. The van der Waals surface area contributed by atoms with E-state index < -0.39 is 0 Å². The van der Waals surface area contributed by atoms with Crippen molar-refractivity contribution in [2.24, 2.45) is 4.99 Å². The van der Waals surface area contributed by atoms with E-state index in [2.05, 4.69) is 76.7 Å². The molecule has 6 nitrogen and oxygen atoms in total. The van der Waals surface area contributed by atoms with Crippen LogP contribution >= 0.6 is 24.0 Å². The number of rotatable bonds is 8. The van der Waals surface area contributed by atoms with Crippen LogP contribution in [0.4, 0.5) is 0 Å². The van der Waals surface area contributed by atoms with Crippen LogP contribution in [0.2, 0.25) is 0 Å². The van der Waals surface area contributed by atoms with Gasteiger partial charge in [0.25, 0.3) is 0 Å². The zero-order chi connectivity index (χ0) is 20.1. The molecule has 0 saturated heterocycles. The van der Waals surface area contributed by atoms with Crippen molar-refractivity contribution in [1.82, 2.24) is 25.3 Å². The van der Waals surface area contributed by atoms with Crippen LogP contribution in [0, 0.1) is 13.8 Å². The van der Waals surface area contributed by atoms with Crippen LogP contribution in [0.15, 0.2) is 35.3 Å². The highest BCUT2D eigenvalue weighted by Gasteiger charge is 2.30. The van der Waals surface area contributed by atoms with Gasteiger partial charge in [0, 0.05) is 44.5 Å². The van der Waals surface area contributed by atoms with Crippen LogP contribution < -0.4 is 10.6 Å². The normalized spacial score (nSPS) is 14.2. The first-order chi connectivity index (χ1) is 13.5. The summed E-state index contributed by atoms with van der Waals surface area (Å²) in [6.07, 6.45) is 2.68. The number of para-hydroxylation sites is 1. The van der Waals surface area contributed by atoms with Crippen molar-refractivity contribution in [3.05, 3.63) is 47.3 Å². The summed E-state index contributed by atoms with van der Waals surface area (Å²) in [7, 11) is 1.82. The van der Waals surface area contributed by atoms with E-state index in [0.717, 1.165) is 42.2 Å². The second-order valence-electron chi connectivity index (χ2n) is 7.88. The van der Waals surface area contributed by atoms with Crippen molar-refractivity contribution in [3.8, 4) is 5.69 Å². The van der Waals surface area contributed by atoms with E-state index in [4.69, 9.17) is 0 Å². The molecule has 2 aromatic rings. The molecule has 1 aliphatic carbocycles. The van der Waals surface area contributed by atoms with Gasteiger partial charge in [0.1, 0.15) is 0 Å². The van der Waals surface area contributed by atoms with Gasteiger partial charge in [0.05, 0.1) is 11.4 Å². The first-order valence-corrected chi connectivity index (χ1v) is 10.3.